The number of hydrogen-bond donors (Lipinski definition) is 2. The molecule has 210 valence electrons. The Labute approximate surface area is 238 Å². The average Bonchev–Trinajstić information content (AvgIpc) is 3.61. The van der Waals surface area contributed by atoms with Gasteiger partial charge in [-0.3, -0.25) is 14.2 Å². The predicted octanol–water partition coefficient (Wildman–Crippen LogP) is 3.55. The van der Waals surface area contributed by atoms with E-state index in [4.69, 9.17) is 0 Å². The number of nitrogens with zero attached hydrogens (tertiary/aromatic N) is 5. The molecule has 0 radical (unpaired) electrons. The molecule has 15 heteroatoms. The van der Waals surface area contributed by atoms with Crippen LogP contribution in [0.15, 0.2) is 70.2 Å². The first kappa shape index (κ1) is 29.3. The van der Waals surface area contributed by atoms with Gasteiger partial charge in [-0.05, 0) is 48.5 Å². The van der Waals surface area contributed by atoms with Gasteiger partial charge < -0.3 is 10.6 Å². The summed E-state index contributed by atoms with van der Waals surface area (Å²) >= 11 is 2.42. The maximum atomic E-state index is 13.6. The Morgan fingerprint density at radius 2 is 1.75 bits per heavy atom. The number of halogens is 1. The highest BCUT2D eigenvalue weighted by Gasteiger charge is 2.22. The van der Waals surface area contributed by atoms with Crippen molar-refractivity contribution < 1.29 is 22.4 Å². The van der Waals surface area contributed by atoms with E-state index in [2.05, 4.69) is 25.8 Å². The van der Waals surface area contributed by atoms with Gasteiger partial charge in [0.25, 0.3) is 5.91 Å². The molecule has 2 N–H and O–H groups in total. The van der Waals surface area contributed by atoms with Crippen LogP contribution in [0.4, 0.5) is 9.52 Å². The molecule has 0 unspecified atom stereocenters. The molecule has 4 aromatic rings. The molecule has 0 atom stereocenters. The van der Waals surface area contributed by atoms with E-state index < -0.39 is 21.7 Å². The summed E-state index contributed by atoms with van der Waals surface area (Å²) in [6.45, 7) is 4.16. The van der Waals surface area contributed by atoms with Gasteiger partial charge in [-0.1, -0.05) is 25.6 Å². The van der Waals surface area contributed by atoms with Crippen molar-refractivity contribution in [2.75, 3.05) is 24.2 Å². The second-order valence-corrected chi connectivity index (χ2v) is 12.0. The van der Waals surface area contributed by atoms with Crippen molar-refractivity contribution in [1.29, 1.82) is 0 Å². The summed E-state index contributed by atoms with van der Waals surface area (Å²) in [6.07, 6.45) is 1.59. The Hall–Kier alpha value is -3.66. The summed E-state index contributed by atoms with van der Waals surface area (Å²) < 4.78 is 42.0. The highest BCUT2D eigenvalue weighted by molar-refractivity contribution is 7.99. The largest absolute Gasteiger partial charge is 0.345 e. The summed E-state index contributed by atoms with van der Waals surface area (Å²) in [4.78, 5) is 29.3. The predicted molar refractivity (Wildman–Crippen MR) is 151 cm³/mol. The number of sulfonamides is 1. The molecular formula is C25H26FN7O4S3. The first-order chi connectivity index (χ1) is 19.2. The molecule has 0 spiro atoms. The van der Waals surface area contributed by atoms with E-state index in [1.807, 2.05) is 0 Å². The number of thioether (sulfide) groups is 1. The van der Waals surface area contributed by atoms with Crippen LogP contribution in [-0.2, 0) is 21.4 Å². The maximum absolute atomic E-state index is 13.6. The molecule has 2 heterocycles. The first-order valence-electron chi connectivity index (χ1n) is 12.1. The van der Waals surface area contributed by atoms with E-state index in [1.54, 1.807) is 42.1 Å². The minimum absolute atomic E-state index is 0.0218. The average molecular weight is 604 g/mol. The van der Waals surface area contributed by atoms with Crippen LogP contribution in [0, 0.1) is 5.82 Å². The summed E-state index contributed by atoms with van der Waals surface area (Å²) in [5.41, 5.74) is 0.809. The fraction of sp³-hybridized carbons (Fsp3) is 0.240. The van der Waals surface area contributed by atoms with Gasteiger partial charge in [-0.2, -0.15) is 4.31 Å². The van der Waals surface area contributed by atoms with Crippen LogP contribution >= 0.6 is 23.1 Å². The second kappa shape index (κ2) is 13.1. The maximum Gasteiger partial charge on any atom is 0.251 e. The normalized spacial score (nSPS) is 11.5. The van der Waals surface area contributed by atoms with Crippen molar-refractivity contribution in [3.8, 4) is 5.69 Å². The van der Waals surface area contributed by atoms with E-state index in [0.29, 0.717) is 34.9 Å². The molecule has 0 bridgehead atoms. The molecule has 2 amide bonds. The van der Waals surface area contributed by atoms with Crippen LogP contribution in [-0.4, -0.2) is 63.1 Å². The summed E-state index contributed by atoms with van der Waals surface area (Å²) in [5.74, 6) is -0.778. The zero-order valence-electron chi connectivity index (χ0n) is 21.6. The highest BCUT2D eigenvalue weighted by Crippen LogP contribution is 2.23. The van der Waals surface area contributed by atoms with Crippen molar-refractivity contribution in [3.05, 3.63) is 77.3 Å². The standard InChI is InChI=1S/C25H26FN7O4S3/c1-3-32(4-2)40(36,37)20-11-5-17(6-12-20)23(35)28-15-21-30-31-25(33(21)19-9-7-18(26)8-10-19)39-16-22(34)29-24-27-13-14-38-24/h5-14H,3-4,15-16H2,1-2H3,(H,28,35)(H,27,29,34). The lowest BCUT2D eigenvalue weighted by Crippen LogP contribution is -2.30. The molecule has 0 aliphatic heterocycles. The zero-order valence-corrected chi connectivity index (χ0v) is 24.0. The van der Waals surface area contributed by atoms with Gasteiger partial charge in [0.05, 0.1) is 17.2 Å². The first-order valence-corrected chi connectivity index (χ1v) is 15.4. The Morgan fingerprint density at radius 3 is 2.38 bits per heavy atom. The summed E-state index contributed by atoms with van der Waals surface area (Å²) in [6, 6.07) is 11.3. The quantitative estimate of drug-likeness (QED) is 0.235. The number of rotatable bonds is 12. The van der Waals surface area contributed by atoms with Crippen LogP contribution in [0.5, 0.6) is 0 Å². The third kappa shape index (κ3) is 6.91. The van der Waals surface area contributed by atoms with Gasteiger partial charge in [0.15, 0.2) is 16.1 Å². The molecule has 4 rings (SSSR count). The van der Waals surface area contributed by atoms with E-state index in [0.717, 1.165) is 11.8 Å². The van der Waals surface area contributed by atoms with E-state index in [-0.39, 0.29) is 28.7 Å². The van der Waals surface area contributed by atoms with Crippen molar-refractivity contribution in [2.45, 2.75) is 30.4 Å². The fourth-order valence-corrected chi connectivity index (χ4v) is 6.45. The Kier molecular flexibility index (Phi) is 9.63. The Balaban J connectivity index is 1.48. The topological polar surface area (TPSA) is 139 Å². The fourth-order valence-electron chi connectivity index (χ4n) is 3.68. The monoisotopic (exact) mass is 603 g/mol. The minimum Gasteiger partial charge on any atom is -0.345 e. The number of thiazole rings is 1. The molecule has 0 fully saturated rings. The Bertz CT molecular complexity index is 1550. The van der Waals surface area contributed by atoms with Gasteiger partial charge in [0.2, 0.25) is 15.9 Å². The van der Waals surface area contributed by atoms with Gasteiger partial charge in [-0.25, -0.2) is 17.8 Å². The van der Waals surface area contributed by atoms with Crippen LogP contribution < -0.4 is 10.6 Å². The number of hydrogen-bond acceptors (Lipinski definition) is 9. The van der Waals surface area contributed by atoms with Gasteiger partial charge in [0, 0.05) is 35.9 Å². The van der Waals surface area contributed by atoms with E-state index >= 15 is 0 Å². The molecule has 0 aliphatic rings. The van der Waals surface area contributed by atoms with Crippen LogP contribution in [0.25, 0.3) is 5.69 Å². The smallest absolute Gasteiger partial charge is 0.251 e. The van der Waals surface area contributed by atoms with E-state index in [9.17, 15) is 22.4 Å². The number of benzene rings is 2. The van der Waals surface area contributed by atoms with Gasteiger partial charge >= 0.3 is 0 Å². The van der Waals surface area contributed by atoms with Gasteiger partial charge in [0.1, 0.15) is 5.82 Å². The van der Waals surface area contributed by atoms with Crippen molar-refractivity contribution in [1.82, 2.24) is 29.4 Å². The second-order valence-electron chi connectivity index (χ2n) is 8.18. The highest BCUT2D eigenvalue weighted by atomic mass is 32.2. The summed E-state index contributed by atoms with van der Waals surface area (Å²) in [7, 11) is -3.64. The van der Waals surface area contributed by atoms with Crippen molar-refractivity contribution in [2.24, 2.45) is 0 Å². The van der Waals surface area contributed by atoms with Crippen molar-refractivity contribution >= 4 is 50.1 Å². The number of carbonyl (C=O) groups excluding carboxylic acids is 2. The summed E-state index contributed by atoms with van der Waals surface area (Å²) in [5, 5.41) is 16.4. The SMILES string of the molecule is CCN(CC)S(=O)(=O)c1ccc(C(=O)NCc2nnc(SCC(=O)Nc3nccs3)n2-c2ccc(F)cc2)cc1. The third-order valence-electron chi connectivity index (χ3n) is 5.66. The molecule has 2 aromatic carbocycles. The number of aromatic nitrogens is 4. The molecule has 40 heavy (non-hydrogen) atoms. The van der Waals surface area contributed by atoms with Gasteiger partial charge in [-0.15, -0.1) is 21.5 Å². The van der Waals surface area contributed by atoms with Crippen LogP contribution in [0.1, 0.15) is 30.0 Å². The Morgan fingerprint density at radius 1 is 1.05 bits per heavy atom. The minimum atomic E-state index is -3.64. The molecule has 11 nitrogen and oxygen atoms in total. The van der Waals surface area contributed by atoms with Crippen molar-refractivity contribution in [3.63, 3.8) is 0 Å². The van der Waals surface area contributed by atoms with E-state index in [1.165, 1.54) is 52.0 Å². The number of carbonyl (C=O) groups is 2. The molecule has 0 aliphatic carbocycles. The number of anilines is 1. The number of amides is 2. The lowest BCUT2D eigenvalue weighted by atomic mass is 10.2. The molecule has 0 saturated heterocycles. The third-order valence-corrected chi connectivity index (χ3v) is 9.34. The molecular weight excluding hydrogens is 578 g/mol. The zero-order chi connectivity index (χ0) is 28.7. The molecule has 2 aromatic heterocycles. The lowest BCUT2D eigenvalue weighted by Gasteiger charge is -2.18. The van der Waals surface area contributed by atoms with Crippen LogP contribution in [0.3, 0.4) is 0 Å². The molecule has 0 saturated carbocycles. The lowest BCUT2D eigenvalue weighted by molar-refractivity contribution is -0.113. The number of nitrogens with one attached hydrogen (secondary N) is 2. The van der Waals surface area contributed by atoms with Crippen LogP contribution in [0.2, 0.25) is 0 Å².